The smallest absolute Gasteiger partial charge is 0.253 e. The Labute approximate surface area is 127 Å². The van der Waals surface area contributed by atoms with Gasteiger partial charge in [0.1, 0.15) is 0 Å². The van der Waals surface area contributed by atoms with Crippen LogP contribution in [0.1, 0.15) is 17.3 Å². The molecule has 1 amide bonds. The molecule has 1 aromatic rings. The topological polar surface area (TPSA) is 98.5 Å². The summed E-state index contributed by atoms with van der Waals surface area (Å²) < 4.78 is 27.5. The molecule has 0 aliphatic heterocycles. The van der Waals surface area contributed by atoms with E-state index in [0.717, 1.165) is 12.1 Å². The number of halogens is 2. The van der Waals surface area contributed by atoms with E-state index in [0.29, 0.717) is 6.61 Å². The number of sulfonamides is 1. The van der Waals surface area contributed by atoms with Gasteiger partial charge in [0.25, 0.3) is 5.91 Å². The van der Waals surface area contributed by atoms with E-state index in [1.54, 1.807) is 6.92 Å². The van der Waals surface area contributed by atoms with E-state index in [9.17, 15) is 13.2 Å². The minimum Gasteiger partial charge on any atom is -0.383 e. The Kier molecular flexibility index (Phi) is 5.79. The molecule has 0 saturated heterocycles. The lowest BCUT2D eigenvalue weighted by Gasteiger charge is -2.14. The molecule has 0 aliphatic rings. The number of ether oxygens (including phenoxy) is 1. The van der Waals surface area contributed by atoms with Crippen LogP contribution in [0.25, 0.3) is 0 Å². The first-order valence-electron chi connectivity index (χ1n) is 5.48. The van der Waals surface area contributed by atoms with Crippen LogP contribution >= 0.6 is 23.2 Å². The van der Waals surface area contributed by atoms with Crippen molar-refractivity contribution in [2.75, 3.05) is 13.7 Å². The summed E-state index contributed by atoms with van der Waals surface area (Å²) in [6.07, 6.45) is 0. The monoisotopic (exact) mass is 340 g/mol. The quantitative estimate of drug-likeness (QED) is 0.846. The number of rotatable bonds is 5. The normalized spacial score (nSPS) is 13.1. The molecule has 1 atom stereocenters. The van der Waals surface area contributed by atoms with Crippen molar-refractivity contribution in [1.82, 2.24) is 5.32 Å². The fourth-order valence-corrected chi connectivity index (χ4v) is 2.53. The Morgan fingerprint density at radius 3 is 2.55 bits per heavy atom. The number of benzene rings is 1. The molecule has 0 fully saturated rings. The summed E-state index contributed by atoms with van der Waals surface area (Å²) in [6.45, 7) is 2.02. The van der Waals surface area contributed by atoms with E-state index in [1.165, 1.54) is 7.11 Å². The van der Waals surface area contributed by atoms with Gasteiger partial charge in [-0.2, -0.15) is 0 Å². The van der Waals surface area contributed by atoms with Crippen molar-refractivity contribution >= 4 is 39.1 Å². The van der Waals surface area contributed by atoms with Crippen molar-refractivity contribution in [2.24, 2.45) is 5.14 Å². The molecule has 0 heterocycles. The summed E-state index contributed by atoms with van der Waals surface area (Å²) in [6, 6.07) is 1.90. The summed E-state index contributed by atoms with van der Waals surface area (Å²) in [5.74, 6) is -0.563. The first-order chi connectivity index (χ1) is 9.16. The van der Waals surface area contributed by atoms with Gasteiger partial charge in [-0.15, -0.1) is 0 Å². The molecule has 0 bridgehead atoms. The molecular weight excluding hydrogens is 327 g/mol. The SMILES string of the molecule is COCC(C)NC(=O)c1cc(S(N)(=O)=O)cc(Cl)c1Cl. The molecule has 0 spiro atoms. The van der Waals surface area contributed by atoms with E-state index in [-0.39, 0.29) is 26.5 Å². The second-order valence-corrected chi connectivity index (χ2v) is 6.49. The molecule has 1 aromatic carbocycles. The van der Waals surface area contributed by atoms with E-state index in [2.05, 4.69) is 5.32 Å². The van der Waals surface area contributed by atoms with Crippen LogP contribution in [0.5, 0.6) is 0 Å². The van der Waals surface area contributed by atoms with Crippen LogP contribution < -0.4 is 10.5 Å². The van der Waals surface area contributed by atoms with Gasteiger partial charge in [-0.05, 0) is 19.1 Å². The second-order valence-electron chi connectivity index (χ2n) is 4.14. The van der Waals surface area contributed by atoms with Crippen molar-refractivity contribution < 1.29 is 17.9 Å². The van der Waals surface area contributed by atoms with Crippen LogP contribution in [-0.4, -0.2) is 34.1 Å². The number of hydrogen-bond acceptors (Lipinski definition) is 4. The van der Waals surface area contributed by atoms with Gasteiger partial charge in [-0.3, -0.25) is 4.79 Å². The van der Waals surface area contributed by atoms with Gasteiger partial charge in [-0.25, -0.2) is 13.6 Å². The first kappa shape index (κ1) is 17.2. The molecule has 1 unspecified atom stereocenters. The maximum absolute atomic E-state index is 12.0. The minimum atomic E-state index is -3.98. The van der Waals surface area contributed by atoms with Gasteiger partial charge < -0.3 is 10.1 Å². The average Bonchev–Trinajstić information content (AvgIpc) is 2.31. The van der Waals surface area contributed by atoms with Crippen LogP contribution in [0.3, 0.4) is 0 Å². The van der Waals surface area contributed by atoms with Crippen molar-refractivity contribution in [2.45, 2.75) is 17.9 Å². The van der Waals surface area contributed by atoms with Crippen LogP contribution in [0, 0.1) is 0 Å². The molecule has 0 aliphatic carbocycles. The van der Waals surface area contributed by atoms with Gasteiger partial charge in [-0.1, -0.05) is 23.2 Å². The number of carbonyl (C=O) groups excluding carboxylic acids is 1. The zero-order valence-corrected chi connectivity index (χ0v) is 13.1. The molecule has 9 heteroatoms. The Bertz CT molecular complexity index is 619. The number of primary sulfonamides is 1. The molecule has 6 nitrogen and oxygen atoms in total. The van der Waals surface area contributed by atoms with E-state index >= 15 is 0 Å². The minimum absolute atomic E-state index is 0.0406. The highest BCUT2D eigenvalue weighted by molar-refractivity contribution is 7.89. The molecule has 3 N–H and O–H groups in total. The van der Waals surface area contributed by atoms with Gasteiger partial charge in [0.2, 0.25) is 10.0 Å². The molecule has 112 valence electrons. The fourth-order valence-electron chi connectivity index (χ4n) is 1.49. The lowest BCUT2D eigenvalue weighted by molar-refractivity contribution is 0.0905. The summed E-state index contributed by atoms with van der Waals surface area (Å²) in [7, 11) is -2.49. The number of nitrogens with two attached hydrogens (primary N) is 1. The lowest BCUT2D eigenvalue weighted by Crippen LogP contribution is -2.35. The average molecular weight is 341 g/mol. The number of amides is 1. The van der Waals surface area contributed by atoms with E-state index in [4.69, 9.17) is 33.1 Å². The van der Waals surface area contributed by atoms with Crippen LogP contribution in [0.2, 0.25) is 10.0 Å². The molecule has 1 rings (SSSR count). The predicted octanol–water partition coefficient (Wildman–Crippen LogP) is 1.41. The zero-order chi connectivity index (χ0) is 15.5. The predicted molar refractivity (Wildman–Crippen MR) is 76.6 cm³/mol. The highest BCUT2D eigenvalue weighted by Crippen LogP contribution is 2.29. The lowest BCUT2D eigenvalue weighted by atomic mass is 10.2. The molecular formula is C11H14Cl2N2O4S. The highest BCUT2D eigenvalue weighted by atomic mass is 35.5. The first-order valence-corrected chi connectivity index (χ1v) is 7.78. The van der Waals surface area contributed by atoms with Crippen LogP contribution in [0.15, 0.2) is 17.0 Å². The number of nitrogens with one attached hydrogen (secondary N) is 1. The largest absolute Gasteiger partial charge is 0.383 e. The molecule has 0 saturated carbocycles. The summed E-state index contributed by atoms with van der Waals surface area (Å²) in [5, 5.41) is 7.51. The summed E-state index contributed by atoms with van der Waals surface area (Å²) in [5.41, 5.74) is -0.0638. The van der Waals surface area contributed by atoms with Gasteiger partial charge in [0.15, 0.2) is 0 Å². The zero-order valence-electron chi connectivity index (χ0n) is 10.8. The highest BCUT2D eigenvalue weighted by Gasteiger charge is 2.20. The molecule has 0 radical (unpaired) electrons. The third kappa shape index (κ3) is 4.32. The number of methoxy groups -OCH3 is 1. The van der Waals surface area contributed by atoms with Crippen molar-refractivity contribution in [3.05, 3.63) is 27.7 Å². The Morgan fingerprint density at radius 2 is 2.05 bits per heavy atom. The summed E-state index contributed by atoms with van der Waals surface area (Å²) in [4.78, 5) is 11.8. The number of hydrogen-bond donors (Lipinski definition) is 2. The van der Waals surface area contributed by atoms with Gasteiger partial charge in [0, 0.05) is 13.2 Å². The van der Waals surface area contributed by atoms with E-state index in [1.807, 2.05) is 0 Å². The Morgan fingerprint density at radius 1 is 1.45 bits per heavy atom. The molecule has 20 heavy (non-hydrogen) atoms. The Hall–Kier alpha value is -0.860. The standard InChI is InChI=1S/C11H14Cl2N2O4S/c1-6(5-19-2)15-11(16)8-3-7(20(14,17)18)4-9(12)10(8)13/h3-4,6H,5H2,1-2H3,(H,15,16)(H2,14,17,18). The van der Waals surface area contributed by atoms with Crippen molar-refractivity contribution in [3.8, 4) is 0 Å². The third-order valence-electron chi connectivity index (χ3n) is 2.37. The maximum atomic E-state index is 12.0. The fraction of sp³-hybridized carbons (Fsp3) is 0.364. The number of carbonyl (C=O) groups is 1. The summed E-state index contributed by atoms with van der Waals surface area (Å²) >= 11 is 11.7. The van der Waals surface area contributed by atoms with E-state index < -0.39 is 15.9 Å². The van der Waals surface area contributed by atoms with Crippen molar-refractivity contribution in [1.29, 1.82) is 0 Å². The van der Waals surface area contributed by atoms with Crippen LogP contribution in [0.4, 0.5) is 0 Å². The van der Waals surface area contributed by atoms with Crippen LogP contribution in [-0.2, 0) is 14.8 Å². The third-order valence-corrected chi connectivity index (χ3v) is 4.06. The molecule has 0 aromatic heterocycles. The van der Waals surface area contributed by atoms with Gasteiger partial charge >= 0.3 is 0 Å². The maximum Gasteiger partial charge on any atom is 0.253 e. The van der Waals surface area contributed by atoms with Crippen molar-refractivity contribution in [3.63, 3.8) is 0 Å². The second kappa shape index (κ2) is 6.73. The van der Waals surface area contributed by atoms with Gasteiger partial charge in [0.05, 0.1) is 27.1 Å². The Balaban J connectivity index is 3.17.